The monoisotopic (exact) mass is 553 g/mol. The fraction of sp³-hybridized carbons (Fsp3) is 0.483. The van der Waals surface area contributed by atoms with E-state index in [9.17, 15) is 9.59 Å². The molecule has 2 heterocycles. The second-order valence-corrected chi connectivity index (χ2v) is 9.55. The van der Waals surface area contributed by atoms with Gasteiger partial charge in [0.05, 0.1) is 46.3 Å². The topological polar surface area (TPSA) is 105 Å². The van der Waals surface area contributed by atoms with Crippen LogP contribution < -0.4 is 19.5 Å². The van der Waals surface area contributed by atoms with Crippen molar-refractivity contribution in [3.63, 3.8) is 0 Å². The summed E-state index contributed by atoms with van der Waals surface area (Å²) in [6.07, 6.45) is 0.469. The Morgan fingerprint density at radius 1 is 1.02 bits per heavy atom. The van der Waals surface area contributed by atoms with Gasteiger partial charge in [0.2, 0.25) is 0 Å². The highest BCUT2D eigenvalue weighted by molar-refractivity contribution is 6.03. The van der Waals surface area contributed by atoms with Crippen molar-refractivity contribution >= 4 is 17.6 Å². The lowest BCUT2D eigenvalue weighted by atomic mass is 9.97. The van der Waals surface area contributed by atoms with Gasteiger partial charge in [0.25, 0.3) is 5.91 Å². The molecule has 1 atom stereocenters. The number of hydrazone groups is 1. The van der Waals surface area contributed by atoms with Crippen molar-refractivity contribution in [1.29, 1.82) is 0 Å². The maximum atomic E-state index is 13.9. The number of morpholine rings is 1. The van der Waals surface area contributed by atoms with Crippen LogP contribution in [0.15, 0.2) is 47.6 Å². The van der Waals surface area contributed by atoms with Gasteiger partial charge in [-0.05, 0) is 55.0 Å². The van der Waals surface area contributed by atoms with Gasteiger partial charge < -0.3 is 29.2 Å². The summed E-state index contributed by atoms with van der Waals surface area (Å²) in [6, 6.07) is 12.4. The summed E-state index contributed by atoms with van der Waals surface area (Å²) in [5.41, 5.74) is 2.42. The van der Waals surface area contributed by atoms with E-state index < -0.39 is 6.04 Å². The fourth-order valence-electron chi connectivity index (χ4n) is 4.88. The van der Waals surface area contributed by atoms with Crippen molar-refractivity contribution in [2.45, 2.75) is 19.4 Å². The van der Waals surface area contributed by atoms with Crippen molar-refractivity contribution < 1.29 is 28.5 Å². The zero-order chi connectivity index (χ0) is 28.5. The van der Waals surface area contributed by atoms with Crippen LogP contribution in [0.3, 0.4) is 0 Å². The first kappa shape index (κ1) is 29.2. The van der Waals surface area contributed by atoms with Gasteiger partial charge in [0, 0.05) is 44.7 Å². The quantitative estimate of drug-likeness (QED) is 0.456. The van der Waals surface area contributed by atoms with Gasteiger partial charge in [-0.2, -0.15) is 5.10 Å². The SMILES string of the molecule is CCNC(=O)N(CCN1CCOCC1)CC(=O)N1N=C(c2ccc(OC)cc2)C[C@H]1c1cc(OC)ccc1OC. The summed E-state index contributed by atoms with van der Waals surface area (Å²) < 4.78 is 21.9. The van der Waals surface area contributed by atoms with Crippen molar-refractivity contribution in [3.05, 3.63) is 53.6 Å². The van der Waals surface area contributed by atoms with Crippen LogP contribution in [0, 0.1) is 0 Å². The van der Waals surface area contributed by atoms with Crippen LogP contribution in [0.1, 0.15) is 30.5 Å². The molecule has 0 radical (unpaired) electrons. The van der Waals surface area contributed by atoms with E-state index in [0.29, 0.717) is 50.8 Å². The Morgan fingerprint density at radius 2 is 1.73 bits per heavy atom. The number of urea groups is 1. The molecule has 2 aromatic rings. The van der Waals surface area contributed by atoms with Gasteiger partial charge in [-0.1, -0.05) is 0 Å². The third-order valence-electron chi connectivity index (χ3n) is 7.12. The summed E-state index contributed by atoms with van der Waals surface area (Å²) in [5.74, 6) is 1.73. The Morgan fingerprint density at radius 3 is 2.38 bits per heavy atom. The number of methoxy groups -OCH3 is 3. The van der Waals surface area contributed by atoms with Gasteiger partial charge in [-0.15, -0.1) is 0 Å². The fourth-order valence-corrected chi connectivity index (χ4v) is 4.88. The third-order valence-corrected chi connectivity index (χ3v) is 7.12. The Bertz CT molecular complexity index is 1180. The third kappa shape index (κ3) is 7.02. The van der Waals surface area contributed by atoms with E-state index in [4.69, 9.17) is 24.0 Å². The van der Waals surface area contributed by atoms with Crippen LogP contribution in [0.25, 0.3) is 0 Å². The molecule has 0 aromatic heterocycles. The van der Waals surface area contributed by atoms with Gasteiger partial charge in [0.1, 0.15) is 23.8 Å². The van der Waals surface area contributed by atoms with E-state index in [0.717, 1.165) is 35.7 Å². The highest BCUT2D eigenvalue weighted by atomic mass is 16.5. The summed E-state index contributed by atoms with van der Waals surface area (Å²) in [5, 5.41) is 9.11. The molecular weight excluding hydrogens is 514 g/mol. The highest BCUT2D eigenvalue weighted by Gasteiger charge is 2.36. The largest absolute Gasteiger partial charge is 0.497 e. The Kier molecular flexibility index (Phi) is 10.2. The van der Waals surface area contributed by atoms with Crippen LogP contribution in [-0.4, -0.2) is 106 Å². The number of carbonyl (C=O) groups excluding carboxylic acids is 2. The summed E-state index contributed by atoms with van der Waals surface area (Å²) >= 11 is 0. The lowest BCUT2D eigenvalue weighted by Gasteiger charge is -2.31. The minimum atomic E-state index is -0.440. The first-order chi connectivity index (χ1) is 19.5. The summed E-state index contributed by atoms with van der Waals surface area (Å²) in [6.45, 7) is 6.22. The smallest absolute Gasteiger partial charge is 0.317 e. The Balaban J connectivity index is 1.62. The number of ether oxygens (including phenoxy) is 4. The van der Waals surface area contributed by atoms with Crippen molar-refractivity contribution in [1.82, 2.24) is 20.1 Å². The molecule has 3 amide bonds. The molecule has 0 bridgehead atoms. The number of benzene rings is 2. The molecule has 0 spiro atoms. The number of rotatable bonds is 11. The lowest BCUT2D eigenvalue weighted by molar-refractivity contribution is -0.133. The van der Waals surface area contributed by atoms with E-state index in [2.05, 4.69) is 10.2 Å². The van der Waals surface area contributed by atoms with Gasteiger partial charge >= 0.3 is 6.03 Å². The van der Waals surface area contributed by atoms with Crippen LogP contribution in [-0.2, 0) is 9.53 Å². The Hall–Kier alpha value is -3.83. The van der Waals surface area contributed by atoms with E-state index in [1.165, 1.54) is 5.01 Å². The summed E-state index contributed by atoms with van der Waals surface area (Å²) in [7, 11) is 4.81. The molecule has 2 aromatic carbocycles. The normalized spacial score (nSPS) is 17.2. The average molecular weight is 554 g/mol. The molecule has 0 aliphatic carbocycles. The molecule has 2 aliphatic rings. The Labute approximate surface area is 235 Å². The maximum Gasteiger partial charge on any atom is 0.317 e. The zero-order valence-electron chi connectivity index (χ0n) is 23.7. The second kappa shape index (κ2) is 14.0. The van der Waals surface area contributed by atoms with Gasteiger partial charge in [-0.3, -0.25) is 9.69 Å². The minimum Gasteiger partial charge on any atom is -0.497 e. The minimum absolute atomic E-state index is 0.113. The molecule has 0 unspecified atom stereocenters. The number of nitrogens with one attached hydrogen (secondary N) is 1. The standard InChI is InChI=1S/C29H39N5O6/c1-5-30-29(36)33(13-12-32-14-16-40-17-15-32)20-28(35)34-26(24-18-23(38-3)10-11-27(24)39-4)19-25(31-34)21-6-8-22(37-2)9-7-21/h6-11,18,26H,5,12-17,19-20H2,1-4H3,(H,30,36)/t26-/m0/s1. The molecule has 216 valence electrons. The molecule has 0 saturated carbocycles. The predicted octanol–water partition coefficient (Wildman–Crippen LogP) is 2.75. The van der Waals surface area contributed by atoms with Crippen LogP contribution in [0.2, 0.25) is 0 Å². The molecule has 11 heteroatoms. The lowest BCUT2D eigenvalue weighted by Crippen LogP contribution is -2.49. The van der Waals surface area contributed by atoms with Gasteiger partial charge in [-0.25, -0.2) is 9.80 Å². The predicted molar refractivity (Wildman–Crippen MR) is 151 cm³/mol. The molecule has 1 saturated heterocycles. The summed E-state index contributed by atoms with van der Waals surface area (Å²) in [4.78, 5) is 30.7. The number of hydrogen-bond donors (Lipinski definition) is 1. The van der Waals surface area contributed by atoms with Crippen LogP contribution in [0.5, 0.6) is 17.2 Å². The molecular formula is C29H39N5O6. The van der Waals surface area contributed by atoms with Gasteiger partial charge in [0.15, 0.2) is 0 Å². The molecule has 40 heavy (non-hydrogen) atoms. The van der Waals surface area contributed by atoms with Crippen LogP contribution in [0.4, 0.5) is 4.79 Å². The van der Waals surface area contributed by atoms with Crippen molar-refractivity contribution in [2.75, 3.05) is 73.8 Å². The number of hydrogen-bond acceptors (Lipinski definition) is 8. The van der Waals surface area contributed by atoms with E-state index in [-0.39, 0.29) is 18.5 Å². The van der Waals surface area contributed by atoms with E-state index in [1.54, 1.807) is 26.2 Å². The van der Waals surface area contributed by atoms with Crippen molar-refractivity contribution in [3.8, 4) is 17.2 Å². The molecule has 11 nitrogen and oxygen atoms in total. The second-order valence-electron chi connectivity index (χ2n) is 9.55. The number of nitrogens with zero attached hydrogens (tertiary/aromatic N) is 4. The maximum absolute atomic E-state index is 13.9. The first-order valence-corrected chi connectivity index (χ1v) is 13.6. The van der Waals surface area contributed by atoms with E-state index >= 15 is 0 Å². The van der Waals surface area contributed by atoms with Crippen LogP contribution >= 0.6 is 0 Å². The molecule has 1 N–H and O–H groups in total. The van der Waals surface area contributed by atoms with E-state index in [1.807, 2.05) is 49.4 Å². The molecule has 1 fully saturated rings. The van der Waals surface area contributed by atoms with Crippen molar-refractivity contribution in [2.24, 2.45) is 5.10 Å². The first-order valence-electron chi connectivity index (χ1n) is 13.6. The molecule has 4 rings (SSSR count). The highest BCUT2D eigenvalue weighted by Crippen LogP contribution is 2.39. The average Bonchev–Trinajstić information content (AvgIpc) is 3.45. The molecule has 2 aliphatic heterocycles. The number of carbonyl (C=O) groups is 2. The zero-order valence-corrected chi connectivity index (χ0v) is 23.7. The number of amides is 3.